The molecule has 0 bridgehead atoms. The standard InChI is InChI=1S/C14H18O3/c1-4-11(5-2)14(16)12-6-8-13(9-7-12)17-10(3)15/h6-9,11H,4-5H2,1-3H3. The highest BCUT2D eigenvalue weighted by atomic mass is 16.5. The van der Waals surface area contributed by atoms with Gasteiger partial charge in [0, 0.05) is 18.4 Å². The highest BCUT2D eigenvalue weighted by Crippen LogP contribution is 2.18. The number of ether oxygens (including phenoxy) is 1. The van der Waals surface area contributed by atoms with Crippen molar-refractivity contribution in [1.82, 2.24) is 0 Å². The quantitative estimate of drug-likeness (QED) is 0.446. The summed E-state index contributed by atoms with van der Waals surface area (Å²) in [7, 11) is 0. The second-order valence-corrected chi connectivity index (χ2v) is 4.00. The third-order valence-corrected chi connectivity index (χ3v) is 2.76. The molecule has 3 heteroatoms. The Bertz CT molecular complexity index is 388. The van der Waals surface area contributed by atoms with Crippen molar-refractivity contribution in [3.05, 3.63) is 29.8 Å². The maximum absolute atomic E-state index is 12.0. The fourth-order valence-electron chi connectivity index (χ4n) is 1.75. The summed E-state index contributed by atoms with van der Waals surface area (Å²) in [6.07, 6.45) is 1.70. The minimum Gasteiger partial charge on any atom is -0.427 e. The number of carbonyl (C=O) groups excluding carboxylic acids is 2. The predicted octanol–water partition coefficient (Wildman–Crippen LogP) is 3.23. The molecule has 0 radical (unpaired) electrons. The Morgan fingerprint density at radius 2 is 1.65 bits per heavy atom. The molecular weight excluding hydrogens is 216 g/mol. The number of esters is 1. The number of Topliss-reactive ketones (excluding diaryl/α,β-unsaturated/α-hetero) is 1. The van der Waals surface area contributed by atoms with Gasteiger partial charge in [-0.15, -0.1) is 0 Å². The molecule has 0 saturated heterocycles. The molecule has 0 aliphatic carbocycles. The van der Waals surface area contributed by atoms with Crippen LogP contribution in [0.5, 0.6) is 5.75 Å². The average Bonchev–Trinajstić information content (AvgIpc) is 2.30. The lowest BCUT2D eigenvalue weighted by Crippen LogP contribution is -2.13. The van der Waals surface area contributed by atoms with Crippen molar-refractivity contribution in [2.75, 3.05) is 0 Å². The topological polar surface area (TPSA) is 43.4 Å². The van der Waals surface area contributed by atoms with Gasteiger partial charge < -0.3 is 4.74 Å². The fraction of sp³-hybridized carbons (Fsp3) is 0.429. The maximum Gasteiger partial charge on any atom is 0.308 e. The van der Waals surface area contributed by atoms with Gasteiger partial charge in [0.05, 0.1) is 0 Å². The van der Waals surface area contributed by atoms with Crippen molar-refractivity contribution in [2.24, 2.45) is 5.92 Å². The minimum atomic E-state index is -0.357. The van der Waals surface area contributed by atoms with Crippen LogP contribution in [0.3, 0.4) is 0 Å². The van der Waals surface area contributed by atoms with Gasteiger partial charge in [-0.25, -0.2) is 0 Å². The van der Waals surface area contributed by atoms with E-state index >= 15 is 0 Å². The zero-order chi connectivity index (χ0) is 12.8. The van der Waals surface area contributed by atoms with Gasteiger partial charge in [-0.3, -0.25) is 9.59 Å². The Morgan fingerprint density at radius 3 is 2.06 bits per heavy atom. The molecular formula is C14H18O3. The Morgan fingerprint density at radius 1 is 1.12 bits per heavy atom. The molecule has 0 aromatic heterocycles. The van der Waals surface area contributed by atoms with Crippen molar-refractivity contribution in [2.45, 2.75) is 33.6 Å². The van der Waals surface area contributed by atoms with Crippen molar-refractivity contribution < 1.29 is 14.3 Å². The van der Waals surface area contributed by atoms with E-state index in [0.717, 1.165) is 12.8 Å². The average molecular weight is 234 g/mol. The summed E-state index contributed by atoms with van der Waals surface area (Å²) in [4.78, 5) is 22.8. The van der Waals surface area contributed by atoms with E-state index < -0.39 is 0 Å². The molecule has 0 amide bonds. The number of benzene rings is 1. The van der Waals surface area contributed by atoms with E-state index in [1.807, 2.05) is 13.8 Å². The highest BCUT2D eigenvalue weighted by Gasteiger charge is 2.16. The molecule has 0 N–H and O–H groups in total. The molecule has 0 aliphatic rings. The minimum absolute atomic E-state index is 0.0783. The SMILES string of the molecule is CCC(CC)C(=O)c1ccc(OC(C)=O)cc1. The van der Waals surface area contributed by atoms with Crippen LogP contribution in [0.1, 0.15) is 44.0 Å². The van der Waals surface area contributed by atoms with Gasteiger partial charge in [0.15, 0.2) is 5.78 Å². The zero-order valence-corrected chi connectivity index (χ0v) is 10.5. The van der Waals surface area contributed by atoms with Crippen LogP contribution in [0.4, 0.5) is 0 Å². The molecule has 1 aromatic carbocycles. The summed E-state index contributed by atoms with van der Waals surface area (Å²) in [5.74, 6) is 0.349. The summed E-state index contributed by atoms with van der Waals surface area (Å²) in [5, 5.41) is 0. The van der Waals surface area contributed by atoms with Gasteiger partial charge >= 0.3 is 5.97 Å². The van der Waals surface area contributed by atoms with Crippen molar-refractivity contribution in [3.8, 4) is 5.75 Å². The molecule has 0 fully saturated rings. The maximum atomic E-state index is 12.0. The van der Waals surface area contributed by atoms with E-state index in [2.05, 4.69) is 0 Å². The van der Waals surface area contributed by atoms with E-state index in [1.165, 1.54) is 6.92 Å². The first-order valence-electron chi connectivity index (χ1n) is 5.91. The van der Waals surface area contributed by atoms with E-state index in [0.29, 0.717) is 11.3 Å². The van der Waals surface area contributed by atoms with Crippen LogP contribution in [-0.4, -0.2) is 11.8 Å². The normalized spacial score (nSPS) is 10.4. The second-order valence-electron chi connectivity index (χ2n) is 4.00. The van der Waals surface area contributed by atoms with E-state index in [4.69, 9.17) is 4.74 Å². The molecule has 0 aliphatic heterocycles. The summed E-state index contributed by atoms with van der Waals surface area (Å²) < 4.78 is 4.91. The third-order valence-electron chi connectivity index (χ3n) is 2.76. The van der Waals surface area contributed by atoms with Crippen LogP contribution in [0.2, 0.25) is 0 Å². The number of ketones is 1. The lowest BCUT2D eigenvalue weighted by molar-refractivity contribution is -0.131. The van der Waals surface area contributed by atoms with Crippen LogP contribution in [0.25, 0.3) is 0 Å². The Kier molecular flexibility index (Phi) is 4.88. The zero-order valence-electron chi connectivity index (χ0n) is 10.5. The van der Waals surface area contributed by atoms with Crippen LogP contribution in [0.15, 0.2) is 24.3 Å². The number of rotatable bonds is 5. The number of hydrogen-bond donors (Lipinski definition) is 0. The molecule has 3 nitrogen and oxygen atoms in total. The van der Waals surface area contributed by atoms with Gasteiger partial charge in [-0.2, -0.15) is 0 Å². The van der Waals surface area contributed by atoms with Gasteiger partial charge in [-0.1, -0.05) is 13.8 Å². The highest BCUT2D eigenvalue weighted by molar-refractivity contribution is 5.97. The Balaban J connectivity index is 2.80. The summed E-state index contributed by atoms with van der Waals surface area (Å²) >= 11 is 0. The number of carbonyl (C=O) groups is 2. The lowest BCUT2D eigenvalue weighted by Gasteiger charge is -2.11. The number of hydrogen-bond acceptors (Lipinski definition) is 3. The largest absolute Gasteiger partial charge is 0.427 e. The molecule has 1 aromatic rings. The van der Waals surface area contributed by atoms with Gasteiger partial charge in [-0.05, 0) is 37.1 Å². The molecule has 0 atom stereocenters. The van der Waals surface area contributed by atoms with E-state index in [9.17, 15) is 9.59 Å². The molecule has 17 heavy (non-hydrogen) atoms. The molecule has 0 heterocycles. The Labute approximate surface area is 102 Å². The predicted molar refractivity (Wildman–Crippen MR) is 66.2 cm³/mol. The first-order valence-corrected chi connectivity index (χ1v) is 5.91. The van der Waals surface area contributed by atoms with Gasteiger partial charge in [0.25, 0.3) is 0 Å². The van der Waals surface area contributed by atoms with Gasteiger partial charge in [0.1, 0.15) is 5.75 Å². The monoisotopic (exact) mass is 234 g/mol. The smallest absolute Gasteiger partial charge is 0.308 e. The van der Waals surface area contributed by atoms with E-state index in [1.54, 1.807) is 24.3 Å². The molecule has 1 rings (SSSR count). The van der Waals surface area contributed by atoms with Gasteiger partial charge in [0.2, 0.25) is 0 Å². The van der Waals surface area contributed by atoms with Crippen molar-refractivity contribution in [3.63, 3.8) is 0 Å². The summed E-state index contributed by atoms with van der Waals surface area (Å²) in [6.45, 7) is 5.38. The molecule has 92 valence electrons. The van der Waals surface area contributed by atoms with Crippen molar-refractivity contribution >= 4 is 11.8 Å². The Hall–Kier alpha value is -1.64. The second kappa shape index (κ2) is 6.18. The molecule has 0 spiro atoms. The first-order chi connectivity index (χ1) is 8.08. The van der Waals surface area contributed by atoms with Crippen LogP contribution < -0.4 is 4.74 Å². The van der Waals surface area contributed by atoms with E-state index in [-0.39, 0.29) is 17.7 Å². The van der Waals surface area contributed by atoms with Crippen LogP contribution in [-0.2, 0) is 4.79 Å². The van der Waals surface area contributed by atoms with Crippen molar-refractivity contribution in [1.29, 1.82) is 0 Å². The third kappa shape index (κ3) is 3.70. The molecule has 0 saturated carbocycles. The van der Waals surface area contributed by atoms with Crippen LogP contribution in [0, 0.1) is 5.92 Å². The summed E-state index contributed by atoms with van der Waals surface area (Å²) in [5.41, 5.74) is 0.676. The first kappa shape index (κ1) is 13.4. The fourth-order valence-corrected chi connectivity index (χ4v) is 1.75. The van der Waals surface area contributed by atoms with Crippen LogP contribution >= 0.6 is 0 Å². The summed E-state index contributed by atoms with van der Waals surface area (Å²) in [6, 6.07) is 6.71. The molecule has 0 unspecified atom stereocenters. The lowest BCUT2D eigenvalue weighted by atomic mass is 9.93.